The molecule has 1 amide bonds. The number of nitrogens with one attached hydrogen (secondary N) is 1. The van der Waals surface area contributed by atoms with Crippen molar-refractivity contribution in [3.8, 4) is 11.5 Å². The first-order valence-electron chi connectivity index (χ1n) is 10.7. The molecule has 0 spiro atoms. The summed E-state index contributed by atoms with van der Waals surface area (Å²) in [6.07, 6.45) is 4.50. The maximum Gasteiger partial charge on any atom is 0.341 e. The van der Waals surface area contributed by atoms with Gasteiger partial charge in [0.1, 0.15) is 10.8 Å². The molecule has 3 aromatic rings. The molecule has 9 nitrogen and oxygen atoms in total. The number of carbonyl (C=O) groups is 2. The van der Waals surface area contributed by atoms with Gasteiger partial charge in [-0.05, 0) is 56.4 Å². The number of ether oxygens (including phenoxy) is 1. The average Bonchev–Trinajstić information content (AvgIpc) is 3.34. The Hall–Kier alpha value is -2.76. The van der Waals surface area contributed by atoms with Gasteiger partial charge in [0.2, 0.25) is 21.6 Å². The molecule has 0 bridgehead atoms. The third kappa shape index (κ3) is 5.31. The van der Waals surface area contributed by atoms with Crippen LogP contribution in [0.4, 0.5) is 5.00 Å². The molecule has 0 radical (unpaired) electrons. The molecule has 0 atom stereocenters. The third-order valence-corrected chi connectivity index (χ3v) is 8.00. The van der Waals surface area contributed by atoms with Gasteiger partial charge in [0.05, 0.1) is 12.2 Å². The monoisotopic (exact) mass is 523 g/mol. The Morgan fingerprint density at radius 1 is 1.21 bits per heavy atom. The van der Waals surface area contributed by atoms with Gasteiger partial charge in [-0.1, -0.05) is 29.2 Å². The first-order chi connectivity index (χ1) is 16.3. The van der Waals surface area contributed by atoms with Crippen LogP contribution < -0.4 is 5.32 Å². The van der Waals surface area contributed by atoms with E-state index < -0.39 is 32.7 Å². The summed E-state index contributed by atoms with van der Waals surface area (Å²) in [7, 11) is -4.23. The summed E-state index contributed by atoms with van der Waals surface area (Å²) in [6.45, 7) is 1.90. The van der Waals surface area contributed by atoms with Gasteiger partial charge in [0, 0.05) is 15.5 Å². The lowest BCUT2D eigenvalue weighted by Crippen LogP contribution is -2.24. The van der Waals surface area contributed by atoms with E-state index in [0.717, 1.165) is 36.1 Å². The highest BCUT2D eigenvalue weighted by molar-refractivity contribution is 7.91. The van der Waals surface area contributed by atoms with Crippen LogP contribution in [0.1, 0.15) is 47.0 Å². The highest BCUT2D eigenvalue weighted by atomic mass is 35.5. The van der Waals surface area contributed by atoms with Gasteiger partial charge in [-0.15, -0.1) is 16.4 Å². The number of fused-ring (bicyclic) bond motifs is 1. The molecule has 0 saturated carbocycles. The molecule has 1 aromatic carbocycles. The first kappa shape index (κ1) is 24.4. The average molecular weight is 524 g/mol. The van der Waals surface area contributed by atoms with Gasteiger partial charge in [-0.2, -0.15) is 0 Å². The summed E-state index contributed by atoms with van der Waals surface area (Å²) in [5.41, 5.74) is 1.64. The molecule has 4 rings (SSSR count). The Bertz CT molecular complexity index is 1330. The number of aryl methyl sites for hydroxylation is 1. The zero-order valence-corrected chi connectivity index (χ0v) is 20.7. The van der Waals surface area contributed by atoms with Crippen LogP contribution >= 0.6 is 22.9 Å². The second-order valence-corrected chi connectivity index (χ2v) is 11.1. The SMILES string of the molecule is CCOC(=O)c1c(NC(=O)CS(=O)(=O)c2nnc(-c3cccc(Cl)c3)o2)sc2c1CCCCC2. The van der Waals surface area contributed by atoms with E-state index in [0.29, 0.717) is 27.6 Å². The number of sulfone groups is 1. The molecule has 2 heterocycles. The molecule has 2 aromatic heterocycles. The van der Waals surface area contributed by atoms with Crippen LogP contribution in [0, 0.1) is 0 Å². The number of rotatable bonds is 7. The van der Waals surface area contributed by atoms with E-state index in [1.165, 1.54) is 11.3 Å². The van der Waals surface area contributed by atoms with E-state index in [4.69, 9.17) is 20.8 Å². The lowest BCUT2D eigenvalue weighted by Gasteiger charge is -2.08. The predicted octanol–water partition coefficient (Wildman–Crippen LogP) is 4.31. The Labute approximate surface area is 205 Å². The second-order valence-electron chi connectivity index (χ2n) is 7.68. The van der Waals surface area contributed by atoms with Gasteiger partial charge in [-0.25, -0.2) is 13.2 Å². The summed E-state index contributed by atoms with van der Waals surface area (Å²) < 4.78 is 36.0. The van der Waals surface area contributed by atoms with E-state index in [1.807, 2.05) is 0 Å². The summed E-state index contributed by atoms with van der Waals surface area (Å²) in [5.74, 6) is -2.30. The van der Waals surface area contributed by atoms with Crippen molar-refractivity contribution in [2.45, 2.75) is 44.3 Å². The predicted molar refractivity (Wildman–Crippen MR) is 127 cm³/mol. The Morgan fingerprint density at radius 3 is 2.76 bits per heavy atom. The normalized spacial score (nSPS) is 13.7. The molecule has 1 aliphatic carbocycles. The van der Waals surface area contributed by atoms with Crippen molar-refractivity contribution in [3.05, 3.63) is 45.3 Å². The number of aromatic nitrogens is 2. The fourth-order valence-corrected chi connectivity index (χ4v) is 6.12. The number of nitrogens with zero attached hydrogens (tertiary/aromatic N) is 2. The minimum atomic E-state index is -4.23. The van der Waals surface area contributed by atoms with E-state index >= 15 is 0 Å². The summed E-state index contributed by atoms with van der Waals surface area (Å²) in [4.78, 5) is 26.3. The topological polar surface area (TPSA) is 128 Å². The molecular weight excluding hydrogens is 502 g/mol. The van der Waals surface area contributed by atoms with Gasteiger partial charge in [0.25, 0.3) is 0 Å². The summed E-state index contributed by atoms with van der Waals surface area (Å²) in [5, 5.41) is 9.98. The van der Waals surface area contributed by atoms with Crippen LogP contribution in [0.15, 0.2) is 33.9 Å². The number of amides is 1. The van der Waals surface area contributed by atoms with E-state index in [1.54, 1.807) is 31.2 Å². The lowest BCUT2D eigenvalue weighted by atomic mass is 10.1. The quantitative estimate of drug-likeness (QED) is 0.358. The number of benzene rings is 1. The molecular formula is C22H22ClN3O6S2. The minimum absolute atomic E-state index is 0.0342. The van der Waals surface area contributed by atoms with Crippen molar-refractivity contribution in [2.75, 3.05) is 17.7 Å². The molecule has 1 aliphatic rings. The van der Waals surface area contributed by atoms with Crippen molar-refractivity contribution in [3.63, 3.8) is 0 Å². The highest BCUT2D eigenvalue weighted by Gasteiger charge is 2.30. The molecule has 180 valence electrons. The number of halogens is 1. The van der Waals surface area contributed by atoms with Crippen LogP contribution in [0.3, 0.4) is 0 Å². The van der Waals surface area contributed by atoms with Crippen LogP contribution in [-0.2, 0) is 32.2 Å². The molecule has 12 heteroatoms. The maximum atomic E-state index is 12.7. The van der Waals surface area contributed by atoms with Crippen LogP contribution in [0.5, 0.6) is 0 Å². The zero-order valence-electron chi connectivity index (χ0n) is 18.3. The molecule has 1 N–H and O–H groups in total. The minimum Gasteiger partial charge on any atom is -0.462 e. The Kier molecular flexibility index (Phi) is 7.34. The van der Waals surface area contributed by atoms with Crippen LogP contribution in [-0.4, -0.2) is 42.9 Å². The van der Waals surface area contributed by atoms with Gasteiger partial charge in [0.15, 0.2) is 0 Å². The lowest BCUT2D eigenvalue weighted by molar-refractivity contribution is -0.113. The standard InChI is InChI=1S/C22H22ClN3O6S2/c1-2-31-21(28)18-15-9-4-3-5-10-16(15)33-20(18)24-17(27)12-34(29,30)22-26-25-19(32-22)13-7-6-8-14(23)11-13/h6-8,11H,2-5,9-10,12H2,1H3,(H,24,27). The van der Waals surface area contributed by atoms with Crippen LogP contribution in [0.25, 0.3) is 11.5 Å². The molecule has 0 aliphatic heterocycles. The number of esters is 1. The summed E-state index contributed by atoms with van der Waals surface area (Å²) >= 11 is 7.24. The number of thiophene rings is 1. The molecule has 0 unspecified atom stereocenters. The van der Waals surface area contributed by atoms with Crippen molar-refractivity contribution in [2.24, 2.45) is 0 Å². The Morgan fingerprint density at radius 2 is 2.00 bits per heavy atom. The van der Waals surface area contributed by atoms with E-state index in [2.05, 4.69) is 15.5 Å². The number of anilines is 1. The van der Waals surface area contributed by atoms with Crippen molar-refractivity contribution >= 4 is 49.7 Å². The molecule has 0 fully saturated rings. The molecule has 0 saturated heterocycles. The maximum absolute atomic E-state index is 12.7. The third-order valence-electron chi connectivity index (χ3n) is 5.22. The van der Waals surface area contributed by atoms with Crippen molar-refractivity contribution in [1.82, 2.24) is 10.2 Å². The Balaban J connectivity index is 1.54. The van der Waals surface area contributed by atoms with E-state index in [-0.39, 0.29) is 12.5 Å². The van der Waals surface area contributed by atoms with Crippen molar-refractivity contribution < 1.29 is 27.2 Å². The smallest absolute Gasteiger partial charge is 0.341 e. The highest BCUT2D eigenvalue weighted by Crippen LogP contribution is 2.38. The van der Waals surface area contributed by atoms with Gasteiger partial charge >= 0.3 is 11.2 Å². The van der Waals surface area contributed by atoms with Crippen LogP contribution in [0.2, 0.25) is 5.02 Å². The zero-order chi connectivity index (χ0) is 24.3. The fraction of sp³-hybridized carbons (Fsp3) is 0.364. The number of hydrogen-bond acceptors (Lipinski definition) is 9. The fourth-order valence-electron chi connectivity index (χ4n) is 3.72. The second kappa shape index (κ2) is 10.2. The van der Waals surface area contributed by atoms with Crippen molar-refractivity contribution in [1.29, 1.82) is 0 Å². The number of carbonyl (C=O) groups excluding carboxylic acids is 2. The largest absolute Gasteiger partial charge is 0.462 e. The molecule has 34 heavy (non-hydrogen) atoms. The first-order valence-corrected chi connectivity index (χ1v) is 13.6. The number of hydrogen-bond donors (Lipinski definition) is 1. The van der Waals surface area contributed by atoms with E-state index in [9.17, 15) is 18.0 Å². The summed E-state index contributed by atoms with van der Waals surface area (Å²) in [6, 6.07) is 6.50. The van der Waals surface area contributed by atoms with Gasteiger partial charge < -0.3 is 14.5 Å². The van der Waals surface area contributed by atoms with Gasteiger partial charge in [-0.3, -0.25) is 4.79 Å².